The molecule has 1 fully saturated rings. The topological polar surface area (TPSA) is 15.3 Å². The molecule has 6 heteroatoms. The first kappa shape index (κ1) is 18.6. The van der Waals surface area contributed by atoms with Crippen LogP contribution < -0.4 is 5.32 Å². The van der Waals surface area contributed by atoms with Gasteiger partial charge in [-0.2, -0.15) is 0 Å². The van der Waals surface area contributed by atoms with Gasteiger partial charge >= 0.3 is 0 Å². The summed E-state index contributed by atoms with van der Waals surface area (Å²) in [5.74, 6) is -1.16. The summed E-state index contributed by atoms with van der Waals surface area (Å²) >= 11 is 5.85. The van der Waals surface area contributed by atoms with Crippen LogP contribution in [0.15, 0.2) is 12.1 Å². The molecule has 0 radical (unpaired) electrons. The lowest BCUT2D eigenvalue weighted by atomic mass is 9.80. The van der Waals surface area contributed by atoms with E-state index in [1.807, 2.05) is 20.8 Å². The summed E-state index contributed by atoms with van der Waals surface area (Å²) in [6, 6.07) is 2.19. The first-order chi connectivity index (χ1) is 9.32. The first-order valence-corrected chi connectivity index (χ1v) is 7.28. The SMILES string of the molecule is CC(C)(C)[C@@H](c1c(F)ccc(Cl)c1F)N1CCNCC1.Cl. The molecule has 1 aromatic carbocycles. The Bertz CT molecular complexity index is 483. The van der Waals surface area contributed by atoms with Crippen LogP contribution in [0, 0.1) is 17.0 Å². The van der Waals surface area contributed by atoms with E-state index in [2.05, 4.69) is 10.2 Å². The number of hydrogen-bond donors (Lipinski definition) is 1. The van der Waals surface area contributed by atoms with E-state index < -0.39 is 11.6 Å². The van der Waals surface area contributed by atoms with Crippen molar-refractivity contribution in [3.8, 4) is 0 Å². The molecule has 1 atom stereocenters. The molecule has 2 rings (SSSR count). The second kappa shape index (κ2) is 7.23. The number of benzene rings is 1. The van der Waals surface area contributed by atoms with Gasteiger partial charge < -0.3 is 5.32 Å². The van der Waals surface area contributed by atoms with Crippen molar-refractivity contribution < 1.29 is 8.78 Å². The van der Waals surface area contributed by atoms with E-state index >= 15 is 0 Å². The van der Waals surface area contributed by atoms with Crippen molar-refractivity contribution in [1.29, 1.82) is 0 Å². The van der Waals surface area contributed by atoms with Gasteiger partial charge in [0.2, 0.25) is 0 Å². The fraction of sp³-hybridized carbons (Fsp3) is 0.600. The molecule has 1 aromatic rings. The molecular weight excluding hydrogens is 317 g/mol. The number of nitrogens with one attached hydrogen (secondary N) is 1. The van der Waals surface area contributed by atoms with E-state index in [9.17, 15) is 8.78 Å². The molecule has 1 aliphatic heterocycles. The van der Waals surface area contributed by atoms with E-state index in [-0.39, 0.29) is 34.4 Å². The Morgan fingerprint density at radius 2 is 1.76 bits per heavy atom. The van der Waals surface area contributed by atoms with Gasteiger partial charge in [-0.25, -0.2) is 8.78 Å². The van der Waals surface area contributed by atoms with Gasteiger partial charge in [-0.1, -0.05) is 32.4 Å². The van der Waals surface area contributed by atoms with Crippen LogP contribution >= 0.6 is 24.0 Å². The fourth-order valence-corrected chi connectivity index (χ4v) is 3.06. The normalized spacial score (nSPS) is 18.2. The van der Waals surface area contributed by atoms with Gasteiger partial charge in [0.1, 0.15) is 11.6 Å². The summed E-state index contributed by atoms with van der Waals surface area (Å²) in [5.41, 5.74) is -0.198. The molecule has 1 saturated heterocycles. The maximum absolute atomic E-state index is 14.4. The van der Waals surface area contributed by atoms with Gasteiger partial charge in [0, 0.05) is 37.8 Å². The predicted molar refractivity (Wildman–Crippen MR) is 85.3 cm³/mol. The zero-order valence-corrected chi connectivity index (χ0v) is 14.1. The molecule has 0 aromatic heterocycles. The highest BCUT2D eigenvalue weighted by molar-refractivity contribution is 6.30. The first-order valence-electron chi connectivity index (χ1n) is 6.90. The molecule has 2 nitrogen and oxygen atoms in total. The largest absolute Gasteiger partial charge is 0.314 e. The van der Waals surface area contributed by atoms with Gasteiger partial charge in [-0.05, 0) is 17.5 Å². The lowest BCUT2D eigenvalue weighted by Gasteiger charge is -2.42. The Hall–Kier alpha value is -0.420. The van der Waals surface area contributed by atoms with Crippen LogP contribution in [0.5, 0.6) is 0 Å². The molecule has 120 valence electrons. The molecule has 0 spiro atoms. The average Bonchev–Trinajstić information content (AvgIpc) is 2.39. The lowest BCUT2D eigenvalue weighted by molar-refractivity contribution is 0.0804. The van der Waals surface area contributed by atoms with E-state index in [1.54, 1.807) is 0 Å². The van der Waals surface area contributed by atoms with Crippen LogP contribution in [0.1, 0.15) is 32.4 Å². The van der Waals surface area contributed by atoms with Crippen molar-refractivity contribution >= 4 is 24.0 Å². The Morgan fingerprint density at radius 1 is 1.19 bits per heavy atom. The quantitative estimate of drug-likeness (QED) is 0.819. The molecule has 0 aliphatic carbocycles. The molecule has 0 bridgehead atoms. The Morgan fingerprint density at radius 3 is 2.29 bits per heavy atom. The van der Waals surface area contributed by atoms with E-state index in [0.29, 0.717) is 0 Å². The Kier molecular flexibility index (Phi) is 6.41. The van der Waals surface area contributed by atoms with E-state index in [1.165, 1.54) is 12.1 Å². The minimum Gasteiger partial charge on any atom is -0.314 e. The summed E-state index contributed by atoms with van der Waals surface area (Å²) < 4.78 is 28.6. The van der Waals surface area contributed by atoms with Crippen molar-refractivity contribution in [2.24, 2.45) is 5.41 Å². The van der Waals surface area contributed by atoms with Crippen molar-refractivity contribution in [2.75, 3.05) is 26.2 Å². The third kappa shape index (κ3) is 4.07. The van der Waals surface area contributed by atoms with Gasteiger partial charge in [0.25, 0.3) is 0 Å². The summed E-state index contributed by atoms with van der Waals surface area (Å²) in [4.78, 5) is 2.13. The molecule has 1 aliphatic rings. The number of nitrogens with zero attached hydrogens (tertiary/aromatic N) is 1. The standard InChI is InChI=1S/C15H21ClF2N2.ClH/c1-15(2,3)14(20-8-6-19-7-9-20)12-11(17)5-4-10(16)13(12)18;/h4-5,14,19H,6-9H2,1-3H3;1H/t14-;/m1./s1. The predicted octanol–water partition coefficient (Wildman–Crippen LogP) is 4.03. The number of halogens is 4. The van der Waals surface area contributed by atoms with Crippen LogP contribution in [0.4, 0.5) is 8.78 Å². The third-order valence-corrected chi connectivity index (χ3v) is 3.98. The van der Waals surface area contributed by atoms with Gasteiger partial charge in [0.15, 0.2) is 0 Å². The molecule has 0 saturated carbocycles. The second-order valence-electron chi connectivity index (χ2n) is 6.31. The van der Waals surface area contributed by atoms with E-state index in [4.69, 9.17) is 11.6 Å². The minimum absolute atomic E-state index is 0. The lowest BCUT2D eigenvalue weighted by Crippen LogP contribution is -2.48. The van der Waals surface area contributed by atoms with Gasteiger partial charge in [-0.3, -0.25) is 4.90 Å². The van der Waals surface area contributed by atoms with Crippen LogP contribution in [-0.4, -0.2) is 31.1 Å². The van der Waals surface area contributed by atoms with Crippen molar-refractivity contribution in [1.82, 2.24) is 10.2 Å². The number of rotatable bonds is 2. The Balaban J connectivity index is 0.00000220. The maximum atomic E-state index is 14.4. The minimum atomic E-state index is -0.634. The van der Waals surface area contributed by atoms with Crippen LogP contribution in [0.2, 0.25) is 5.02 Å². The highest BCUT2D eigenvalue weighted by Crippen LogP contribution is 2.41. The van der Waals surface area contributed by atoms with Crippen LogP contribution in [0.25, 0.3) is 0 Å². The molecule has 1 heterocycles. The smallest absolute Gasteiger partial charge is 0.149 e. The molecule has 21 heavy (non-hydrogen) atoms. The van der Waals surface area contributed by atoms with Crippen LogP contribution in [-0.2, 0) is 0 Å². The van der Waals surface area contributed by atoms with Gasteiger partial charge in [-0.15, -0.1) is 12.4 Å². The summed E-state index contributed by atoms with van der Waals surface area (Å²) in [6.45, 7) is 9.20. The maximum Gasteiger partial charge on any atom is 0.149 e. The summed E-state index contributed by atoms with van der Waals surface area (Å²) in [7, 11) is 0. The summed E-state index contributed by atoms with van der Waals surface area (Å²) in [6.07, 6.45) is 0. The average molecular weight is 339 g/mol. The zero-order valence-electron chi connectivity index (χ0n) is 12.5. The monoisotopic (exact) mass is 338 g/mol. The highest BCUT2D eigenvalue weighted by atomic mass is 35.5. The third-order valence-electron chi connectivity index (χ3n) is 3.69. The molecule has 1 N–H and O–H groups in total. The van der Waals surface area contributed by atoms with Crippen molar-refractivity contribution in [3.63, 3.8) is 0 Å². The molecule has 0 unspecified atom stereocenters. The van der Waals surface area contributed by atoms with E-state index in [0.717, 1.165) is 26.2 Å². The second-order valence-corrected chi connectivity index (χ2v) is 6.72. The Labute approximate surface area is 136 Å². The highest BCUT2D eigenvalue weighted by Gasteiger charge is 2.36. The summed E-state index contributed by atoms with van der Waals surface area (Å²) in [5, 5.41) is 3.24. The van der Waals surface area contributed by atoms with Crippen LogP contribution in [0.3, 0.4) is 0 Å². The number of hydrogen-bond acceptors (Lipinski definition) is 2. The van der Waals surface area contributed by atoms with Gasteiger partial charge in [0.05, 0.1) is 5.02 Å². The van der Waals surface area contributed by atoms with Crippen molar-refractivity contribution in [3.05, 3.63) is 34.4 Å². The fourth-order valence-electron chi connectivity index (χ4n) is 2.90. The molecule has 0 amide bonds. The number of piperazine rings is 1. The molecular formula is C15H22Cl2F2N2. The zero-order chi connectivity index (χ0) is 14.9. The van der Waals surface area contributed by atoms with Crippen molar-refractivity contribution in [2.45, 2.75) is 26.8 Å².